The highest BCUT2D eigenvalue weighted by Gasteiger charge is 2.69. The molecule has 9 heteroatoms. The van der Waals surface area contributed by atoms with Crippen molar-refractivity contribution >= 4 is 39.0 Å². The molecule has 1 aliphatic carbocycles. The molecule has 1 saturated carbocycles. The van der Waals surface area contributed by atoms with Crippen molar-refractivity contribution in [2.45, 2.75) is 35.3 Å². The predicted molar refractivity (Wildman–Crippen MR) is 149 cm³/mol. The highest BCUT2D eigenvalue weighted by Crippen LogP contribution is 2.64. The number of nitrogens with one attached hydrogen (secondary N) is 2. The quantitative estimate of drug-likeness (QED) is 0.271. The van der Waals surface area contributed by atoms with Crippen LogP contribution < -0.4 is 15.1 Å². The lowest BCUT2D eigenvalue weighted by Crippen LogP contribution is -2.39. The van der Waals surface area contributed by atoms with E-state index in [1.165, 1.54) is 42.5 Å². The van der Waals surface area contributed by atoms with Gasteiger partial charge in [0.05, 0.1) is 16.4 Å². The smallest absolute Gasteiger partial charge is 0.262 e. The second-order valence-corrected chi connectivity index (χ2v) is 12.0. The molecule has 0 aliphatic heterocycles. The van der Waals surface area contributed by atoms with Gasteiger partial charge in [0.25, 0.3) is 10.0 Å². The summed E-state index contributed by atoms with van der Waals surface area (Å²) >= 11 is 5.90. The third kappa shape index (κ3) is 4.87. The van der Waals surface area contributed by atoms with Crippen molar-refractivity contribution in [3.63, 3.8) is 0 Å². The number of carboxylic acid groups (broad SMARTS) is 1. The molecule has 1 aliphatic rings. The number of aromatic carboxylic acids is 1. The zero-order valence-electron chi connectivity index (χ0n) is 21.0. The fraction of sp³-hybridized carbons (Fsp3) is 0.167. The molecule has 4 aromatic carbocycles. The van der Waals surface area contributed by atoms with Gasteiger partial charge in [-0.3, -0.25) is 4.72 Å². The van der Waals surface area contributed by atoms with E-state index in [0.29, 0.717) is 17.0 Å². The molecule has 0 amide bonds. The molecule has 0 saturated heterocycles. The predicted octanol–water partition coefficient (Wildman–Crippen LogP) is 4.75. The first-order chi connectivity index (χ1) is 18.6. The van der Waals surface area contributed by atoms with Gasteiger partial charge in [-0.2, -0.15) is 0 Å². The Hall–Kier alpha value is -3.85. The van der Waals surface area contributed by atoms with Gasteiger partial charge in [0.15, 0.2) is 0 Å². The van der Waals surface area contributed by atoms with Crippen molar-refractivity contribution in [3.05, 3.63) is 125 Å². The highest BCUT2D eigenvalue weighted by atomic mass is 35.5. The number of carbonyl (C=O) groups excluding carboxylic acids is 1. The first kappa shape index (κ1) is 26.7. The Morgan fingerprint density at radius 2 is 1.54 bits per heavy atom. The van der Waals surface area contributed by atoms with Gasteiger partial charge >= 0.3 is 0 Å². The Morgan fingerprint density at radius 1 is 0.923 bits per heavy atom. The van der Waals surface area contributed by atoms with Gasteiger partial charge in [0, 0.05) is 27.4 Å². The fourth-order valence-corrected chi connectivity index (χ4v) is 6.69. The molecule has 0 aromatic heterocycles. The minimum atomic E-state index is -4.33. The number of aliphatic hydroxyl groups excluding tert-OH is 1. The largest absolute Gasteiger partial charge is 0.545 e. The summed E-state index contributed by atoms with van der Waals surface area (Å²) in [6, 6.07) is 28.8. The molecule has 0 heterocycles. The fourth-order valence-electron chi connectivity index (χ4n) is 5.29. The third-order valence-corrected chi connectivity index (χ3v) is 9.13. The van der Waals surface area contributed by atoms with Crippen LogP contribution in [0, 0.1) is 0 Å². The van der Waals surface area contributed by atoms with Crippen LogP contribution in [-0.2, 0) is 15.4 Å². The Bertz CT molecular complexity index is 1610. The number of aliphatic hydroxyl groups is 1. The molecule has 39 heavy (non-hydrogen) atoms. The maximum atomic E-state index is 13.3. The first-order valence-electron chi connectivity index (χ1n) is 12.3. The summed E-state index contributed by atoms with van der Waals surface area (Å²) in [5.41, 5.74) is -0.306. The number of halogens is 1. The summed E-state index contributed by atoms with van der Waals surface area (Å²) < 4.78 is 29.1. The van der Waals surface area contributed by atoms with E-state index in [0.717, 1.165) is 5.56 Å². The van der Waals surface area contributed by atoms with Crippen molar-refractivity contribution in [3.8, 4) is 0 Å². The van der Waals surface area contributed by atoms with Crippen LogP contribution in [0.2, 0.25) is 5.02 Å². The van der Waals surface area contributed by atoms with E-state index >= 15 is 0 Å². The van der Waals surface area contributed by atoms with Crippen LogP contribution in [0.3, 0.4) is 0 Å². The van der Waals surface area contributed by atoms with Gasteiger partial charge in [-0.05, 0) is 53.9 Å². The molecule has 5 rings (SSSR count). The Morgan fingerprint density at radius 3 is 2.15 bits per heavy atom. The second-order valence-electron chi connectivity index (χ2n) is 9.86. The topological polar surface area (TPSA) is 119 Å². The average molecular weight is 562 g/mol. The summed E-state index contributed by atoms with van der Waals surface area (Å²) in [5.74, 6) is -1.67. The lowest BCUT2D eigenvalue weighted by Gasteiger charge is -2.32. The molecule has 0 bridgehead atoms. The van der Waals surface area contributed by atoms with Crippen LogP contribution in [0.5, 0.6) is 0 Å². The van der Waals surface area contributed by atoms with E-state index in [1.807, 2.05) is 55.5 Å². The van der Waals surface area contributed by atoms with Crippen LogP contribution >= 0.6 is 11.6 Å². The van der Waals surface area contributed by atoms with Crippen LogP contribution in [0.4, 0.5) is 11.4 Å². The van der Waals surface area contributed by atoms with E-state index in [4.69, 9.17) is 11.6 Å². The van der Waals surface area contributed by atoms with Crippen molar-refractivity contribution < 1.29 is 23.4 Å². The van der Waals surface area contributed by atoms with Crippen molar-refractivity contribution in [1.82, 2.24) is 0 Å². The molecule has 3 atom stereocenters. The molecule has 200 valence electrons. The van der Waals surface area contributed by atoms with Crippen molar-refractivity contribution in [2.24, 2.45) is 0 Å². The molecule has 7 nitrogen and oxygen atoms in total. The van der Waals surface area contributed by atoms with Crippen LogP contribution in [0.1, 0.15) is 40.9 Å². The minimum Gasteiger partial charge on any atom is -0.545 e. The second kappa shape index (κ2) is 10.0. The van der Waals surface area contributed by atoms with Gasteiger partial charge in [-0.25, -0.2) is 8.42 Å². The monoisotopic (exact) mass is 561 g/mol. The molecule has 3 N–H and O–H groups in total. The zero-order chi connectivity index (χ0) is 27.8. The number of hydrogen-bond acceptors (Lipinski definition) is 6. The first-order valence-corrected chi connectivity index (χ1v) is 14.1. The average Bonchev–Trinajstić information content (AvgIpc) is 3.55. The number of anilines is 2. The van der Waals surface area contributed by atoms with E-state index < -0.39 is 43.5 Å². The van der Waals surface area contributed by atoms with E-state index in [2.05, 4.69) is 10.0 Å². The maximum absolute atomic E-state index is 13.3. The van der Waals surface area contributed by atoms with Crippen LogP contribution in [0.15, 0.2) is 108 Å². The summed E-state index contributed by atoms with van der Waals surface area (Å²) in [7, 11) is -4.33. The number of carboxylic acids is 1. The van der Waals surface area contributed by atoms with Gasteiger partial charge in [-0.1, -0.05) is 85.3 Å². The standard InChI is InChI=1S/C30H27ClN2O5S/c1-29(21-11-6-3-7-12-21)19-30(29,27(34)20-9-4-2-5-10-20)32-24-13-8-14-25(26(24)28(35)36)39(37,38)33-23-17-15-22(31)16-18-23/h2-18,27,32-34H,19H2,1H3,(H,35,36)/p-1/t27?,29-,30+/m0/s1. The van der Waals surface area contributed by atoms with Gasteiger partial charge < -0.3 is 20.3 Å². The summed E-state index contributed by atoms with van der Waals surface area (Å²) in [5, 5.41) is 27.8. The van der Waals surface area contributed by atoms with Crippen molar-refractivity contribution in [1.29, 1.82) is 0 Å². The summed E-state index contributed by atoms with van der Waals surface area (Å²) in [4.78, 5) is 12.0. The maximum Gasteiger partial charge on any atom is 0.262 e. The number of hydrogen-bond donors (Lipinski definition) is 3. The minimum absolute atomic E-state index is 0.0311. The van der Waals surface area contributed by atoms with Gasteiger partial charge in [0.1, 0.15) is 6.10 Å². The number of benzene rings is 4. The third-order valence-electron chi connectivity index (χ3n) is 7.46. The lowest BCUT2D eigenvalue weighted by molar-refractivity contribution is -0.255. The molecule has 4 aromatic rings. The Balaban J connectivity index is 1.59. The number of carbonyl (C=O) groups is 1. The summed E-state index contributed by atoms with van der Waals surface area (Å²) in [6.07, 6.45) is -0.571. The molecular formula is C30H26ClN2O5S-. The molecule has 1 fully saturated rings. The Labute approximate surface area is 232 Å². The normalized spacial score (nSPS) is 21.1. The van der Waals surface area contributed by atoms with Gasteiger partial charge in [-0.15, -0.1) is 0 Å². The van der Waals surface area contributed by atoms with E-state index in [9.17, 15) is 23.4 Å². The molecular weight excluding hydrogens is 536 g/mol. The van der Waals surface area contributed by atoms with Crippen LogP contribution in [0.25, 0.3) is 0 Å². The van der Waals surface area contributed by atoms with Crippen LogP contribution in [-0.4, -0.2) is 25.0 Å². The number of sulfonamides is 1. The Kier molecular flexibility index (Phi) is 6.88. The number of rotatable bonds is 9. The summed E-state index contributed by atoms with van der Waals surface area (Å²) in [6.45, 7) is 1.99. The SMILES string of the molecule is C[C@@]1(c2ccccc2)C[C@@]1(Nc1cccc(S(=O)(=O)Nc2ccc(Cl)cc2)c1C(=O)[O-])C(O)c1ccccc1. The highest BCUT2D eigenvalue weighted by molar-refractivity contribution is 7.92. The van der Waals surface area contributed by atoms with Gasteiger partial charge in [0.2, 0.25) is 0 Å². The lowest BCUT2D eigenvalue weighted by atomic mass is 9.86. The molecule has 0 radical (unpaired) electrons. The van der Waals surface area contributed by atoms with E-state index in [1.54, 1.807) is 12.1 Å². The molecule has 0 spiro atoms. The molecule has 1 unspecified atom stereocenters. The van der Waals surface area contributed by atoms with Crippen molar-refractivity contribution in [2.75, 3.05) is 10.0 Å². The zero-order valence-corrected chi connectivity index (χ0v) is 22.5. The van der Waals surface area contributed by atoms with E-state index in [-0.39, 0.29) is 11.4 Å².